The molecule has 1 fully saturated rings. The molecule has 7 heteroatoms. The zero-order valence-electron chi connectivity index (χ0n) is 15.6. The highest BCUT2D eigenvalue weighted by atomic mass is 35.5. The SMILES string of the molecule is CCOC(=O)C(Cl)[C@H](O[Si](C)(C)C(C)(C)C)[C@H]1COC(C)(C)O1. The van der Waals surface area contributed by atoms with Crippen LogP contribution in [0.1, 0.15) is 41.5 Å². The molecular formula is C16H31ClO5Si. The summed E-state index contributed by atoms with van der Waals surface area (Å²) in [7, 11) is -2.14. The zero-order chi connectivity index (χ0) is 18.1. The van der Waals surface area contributed by atoms with Crippen molar-refractivity contribution in [2.24, 2.45) is 0 Å². The lowest BCUT2D eigenvalue weighted by Gasteiger charge is -2.41. The third-order valence-electron chi connectivity index (χ3n) is 4.43. The van der Waals surface area contributed by atoms with Gasteiger partial charge in [-0.15, -0.1) is 11.6 Å². The smallest absolute Gasteiger partial charge is 0.326 e. The highest BCUT2D eigenvalue weighted by Gasteiger charge is 2.48. The molecule has 0 amide bonds. The van der Waals surface area contributed by atoms with Gasteiger partial charge in [0, 0.05) is 0 Å². The summed E-state index contributed by atoms with van der Waals surface area (Å²) in [5, 5.41) is -0.933. The van der Waals surface area contributed by atoms with E-state index in [0.717, 1.165) is 0 Å². The van der Waals surface area contributed by atoms with Gasteiger partial charge in [0.1, 0.15) is 12.2 Å². The first-order chi connectivity index (χ1) is 10.3. The van der Waals surface area contributed by atoms with E-state index in [1.165, 1.54) is 0 Å². The second-order valence-electron chi connectivity index (χ2n) is 7.86. The molecule has 5 nitrogen and oxygen atoms in total. The molecule has 0 aromatic rings. The minimum Gasteiger partial charge on any atom is -0.465 e. The molecule has 1 aliphatic heterocycles. The Morgan fingerprint density at radius 3 is 2.35 bits per heavy atom. The molecule has 3 atom stereocenters. The topological polar surface area (TPSA) is 54.0 Å². The van der Waals surface area contributed by atoms with Gasteiger partial charge in [0.15, 0.2) is 19.5 Å². The maximum absolute atomic E-state index is 12.1. The highest BCUT2D eigenvalue weighted by molar-refractivity contribution is 6.74. The molecule has 1 rings (SSSR count). The molecule has 0 radical (unpaired) electrons. The van der Waals surface area contributed by atoms with Crippen molar-refractivity contribution in [2.45, 2.75) is 83.0 Å². The lowest BCUT2D eigenvalue weighted by Crippen LogP contribution is -2.52. The van der Waals surface area contributed by atoms with Gasteiger partial charge in [0.25, 0.3) is 0 Å². The molecule has 0 bridgehead atoms. The van der Waals surface area contributed by atoms with Crippen LogP contribution in [-0.4, -0.2) is 50.9 Å². The summed E-state index contributed by atoms with van der Waals surface area (Å²) in [4.78, 5) is 12.1. The summed E-state index contributed by atoms with van der Waals surface area (Å²) in [5.74, 6) is -1.18. The molecule has 1 unspecified atom stereocenters. The first kappa shape index (κ1) is 20.9. The number of rotatable bonds is 6. The Balaban J connectivity index is 3.00. The van der Waals surface area contributed by atoms with Crippen molar-refractivity contribution in [1.82, 2.24) is 0 Å². The van der Waals surface area contributed by atoms with Crippen LogP contribution >= 0.6 is 11.6 Å². The quantitative estimate of drug-likeness (QED) is 0.407. The predicted molar refractivity (Wildman–Crippen MR) is 93.2 cm³/mol. The normalized spacial score (nSPS) is 24.3. The van der Waals surface area contributed by atoms with Gasteiger partial charge in [-0.1, -0.05) is 20.8 Å². The van der Waals surface area contributed by atoms with Gasteiger partial charge >= 0.3 is 5.97 Å². The average Bonchev–Trinajstić information content (AvgIpc) is 2.74. The largest absolute Gasteiger partial charge is 0.465 e. The molecular weight excluding hydrogens is 336 g/mol. The second-order valence-corrected chi connectivity index (χ2v) is 13.1. The van der Waals surface area contributed by atoms with Crippen molar-refractivity contribution in [3.05, 3.63) is 0 Å². The Hall–Kier alpha value is -0.143. The molecule has 136 valence electrons. The number of halogens is 1. The van der Waals surface area contributed by atoms with Crippen LogP contribution in [0.15, 0.2) is 0 Å². The molecule has 0 aromatic heterocycles. The van der Waals surface area contributed by atoms with E-state index < -0.39 is 37.7 Å². The highest BCUT2D eigenvalue weighted by Crippen LogP contribution is 2.40. The first-order valence-corrected chi connectivity index (χ1v) is 11.5. The zero-order valence-corrected chi connectivity index (χ0v) is 17.3. The van der Waals surface area contributed by atoms with Crippen LogP contribution in [0, 0.1) is 0 Å². The van der Waals surface area contributed by atoms with E-state index in [9.17, 15) is 4.79 Å². The third-order valence-corrected chi connectivity index (χ3v) is 9.33. The summed E-state index contributed by atoms with van der Waals surface area (Å²) >= 11 is 6.39. The standard InChI is InChI=1S/C16H31ClO5Si/c1-9-19-14(18)12(17)13(11-10-20-16(5,6)21-11)22-23(7,8)15(2,3)4/h11-13H,9-10H2,1-8H3/t11-,12?,13-/m1/s1. The summed E-state index contributed by atoms with van der Waals surface area (Å²) in [6.45, 7) is 16.7. The third kappa shape index (κ3) is 5.43. The maximum Gasteiger partial charge on any atom is 0.326 e. The van der Waals surface area contributed by atoms with Gasteiger partial charge in [0.05, 0.1) is 13.2 Å². The number of alkyl halides is 1. The van der Waals surface area contributed by atoms with E-state index in [2.05, 4.69) is 33.9 Å². The van der Waals surface area contributed by atoms with Crippen molar-refractivity contribution in [3.63, 3.8) is 0 Å². The van der Waals surface area contributed by atoms with Crippen LogP contribution in [-0.2, 0) is 23.4 Å². The molecule has 0 N–H and O–H groups in total. The Morgan fingerprint density at radius 1 is 1.39 bits per heavy atom. The van der Waals surface area contributed by atoms with Gasteiger partial charge in [-0.25, -0.2) is 0 Å². The summed E-state index contributed by atoms with van der Waals surface area (Å²) in [5.41, 5.74) is 0. The van der Waals surface area contributed by atoms with Crippen molar-refractivity contribution >= 4 is 25.9 Å². The molecule has 0 aromatic carbocycles. The van der Waals surface area contributed by atoms with E-state index in [0.29, 0.717) is 6.61 Å². The minimum atomic E-state index is -2.14. The van der Waals surface area contributed by atoms with Gasteiger partial charge in [-0.2, -0.15) is 0 Å². The average molecular weight is 367 g/mol. The molecule has 23 heavy (non-hydrogen) atoms. The lowest BCUT2D eigenvalue weighted by molar-refractivity contribution is -0.157. The number of ether oxygens (including phenoxy) is 3. The maximum atomic E-state index is 12.1. The van der Waals surface area contributed by atoms with Crippen LogP contribution in [0.2, 0.25) is 18.1 Å². The van der Waals surface area contributed by atoms with Crippen molar-refractivity contribution < 1.29 is 23.4 Å². The van der Waals surface area contributed by atoms with Crippen LogP contribution in [0.3, 0.4) is 0 Å². The van der Waals surface area contributed by atoms with E-state index in [1.807, 2.05) is 13.8 Å². The van der Waals surface area contributed by atoms with Gasteiger partial charge in [-0.05, 0) is 38.9 Å². The number of hydrogen-bond acceptors (Lipinski definition) is 5. The van der Waals surface area contributed by atoms with Crippen LogP contribution < -0.4 is 0 Å². The Kier molecular flexibility index (Phi) is 6.72. The first-order valence-electron chi connectivity index (χ1n) is 8.11. The van der Waals surface area contributed by atoms with Crippen LogP contribution in [0.4, 0.5) is 0 Å². The molecule has 0 aliphatic carbocycles. The lowest BCUT2D eigenvalue weighted by atomic mass is 10.1. The molecule has 1 aliphatic rings. The van der Waals surface area contributed by atoms with Gasteiger partial charge < -0.3 is 18.6 Å². The molecule has 1 saturated heterocycles. The van der Waals surface area contributed by atoms with E-state index in [4.69, 9.17) is 30.2 Å². The second kappa shape index (κ2) is 7.40. The summed E-state index contributed by atoms with van der Waals surface area (Å²) in [6.07, 6.45) is -0.996. The molecule has 1 heterocycles. The summed E-state index contributed by atoms with van der Waals surface area (Å²) < 4.78 is 23.0. The Bertz CT molecular complexity index is 419. The predicted octanol–water partition coefficient (Wildman–Crippen LogP) is 3.70. The van der Waals surface area contributed by atoms with Crippen molar-refractivity contribution in [1.29, 1.82) is 0 Å². The monoisotopic (exact) mass is 366 g/mol. The van der Waals surface area contributed by atoms with E-state index in [-0.39, 0.29) is 11.6 Å². The van der Waals surface area contributed by atoms with Gasteiger partial charge in [0.2, 0.25) is 0 Å². The fourth-order valence-electron chi connectivity index (χ4n) is 2.07. The van der Waals surface area contributed by atoms with E-state index in [1.54, 1.807) is 6.92 Å². The Labute approximate surface area is 146 Å². The Morgan fingerprint density at radius 2 is 1.96 bits per heavy atom. The van der Waals surface area contributed by atoms with E-state index >= 15 is 0 Å². The fourth-order valence-corrected chi connectivity index (χ4v) is 3.76. The van der Waals surface area contributed by atoms with Gasteiger partial charge in [-0.3, -0.25) is 4.79 Å². The number of esters is 1. The minimum absolute atomic E-state index is 0.00843. The number of carbonyl (C=O) groups is 1. The molecule has 0 spiro atoms. The molecule has 0 saturated carbocycles. The van der Waals surface area contributed by atoms with Crippen LogP contribution in [0.25, 0.3) is 0 Å². The number of hydrogen-bond donors (Lipinski definition) is 0. The van der Waals surface area contributed by atoms with Crippen LogP contribution in [0.5, 0.6) is 0 Å². The number of carbonyl (C=O) groups excluding carboxylic acids is 1. The van der Waals surface area contributed by atoms with Crippen molar-refractivity contribution in [3.8, 4) is 0 Å². The fraction of sp³-hybridized carbons (Fsp3) is 0.938. The summed E-state index contributed by atoms with van der Waals surface area (Å²) in [6, 6.07) is 0. The van der Waals surface area contributed by atoms with Crippen molar-refractivity contribution in [2.75, 3.05) is 13.2 Å².